The lowest BCUT2D eigenvalue weighted by Gasteiger charge is -2.36. The van der Waals surface area contributed by atoms with Crippen molar-refractivity contribution in [2.24, 2.45) is 0 Å². The Morgan fingerprint density at radius 2 is 1.02 bits per heavy atom. The fourth-order valence-corrected chi connectivity index (χ4v) is 5.96. The van der Waals surface area contributed by atoms with E-state index in [0.29, 0.717) is 0 Å². The molecule has 40 heavy (non-hydrogen) atoms. The van der Waals surface area contributed by atoms with Gasteiger partial charge in [0.1, 0.15) is 0 Å². The maximum atomic E-state index is 15.0. The molecule has 5 aromatic carbocycles. The van der Waals surface area contributed by atoms with Crippen LogP contribution in [0.15, 0.2) is 157 Å². The molecule has 0 bridgehead atoms. The average molecular weight is 517 g/mol. The number of rotatable bonds is 5. The number of benzene rings is 5. The molecule has 192 valence electrons. The van der Waals surface area contributed by atoms with Gasteiger partial charge in [0.25, 0.3) is 5.91 Å². The summed E-state index contributed by atoms with van der Waals surface area (Å²) in [4.78, 5) is 15.0. The molecule has 1 amide bonds. The van der Waals surface area contributed by atoms with E-state index in [1.54, 1.807) is 0 Å². The van der Waals surface area contributed by atoms with E-state index in [-0.39, 0.29) is 5.91 Å². The lowest BCUT2D eigenvalue weighted by Crippen LogP contribution is -2.40. The summed E-state index contributed by atoms with van der Waals surface area (Å²) in [6.45, 7) is 0. The number of carbonyl (C=O) groups is 1. The van der Waals surface area contributed by atoms with E-state index in [4.69, 9.17) is 0 Å². The van der Waals surface area contributed by atoms with Crippen molar-refractivity contribution in [3.8, 4) is 0 Å². The molecular formula is C37H28N2O. The van der Waals surface area contributed by atoms with Crippen molar-refractivity contribution < 1.29 is 4.79 Å². The zero-order valence-corrected chi connectivity index (χ0v) is 22.1. The molecule has 1 aliphatic heterocycles. The van der Waals surface area contributed by atoms with E-state index in [9.17, 15) is 0 Å². The molecule has 1 heterocycles. The molecule has 0 unspecified atom stereocenters. The van der Waals surface area contributed by atoms with Gasteiger partial charge in [0, 0.05) is 11.1 Å². The van der Waals surface area contributed by atoms with Crippen molar-refractivity contribution in [2.75, 3.05) is 5.01 Å². The van der Waals surface area contributed by atoms with Crippen molar-refractivity contribution in [1.82, 2.24) is 5.01 Å². The molecule has 0 fully saturated rings. The fraction of sp³-hybridized carbons (Fsp3) is 0.0541. The number of fused-ring (bicyclic) bond motifs is 2. The van der Waals surface area contributed by atoms with E-state index in [1.807, 2.05) is 77.8 Å². The molecule has 0 saturated carbocycles. The van der Waals surface area contributed by atoms with Crippen LogP contribution in [0.4, 0.5) is 11.4 Å². The Morgan fingerprint density at radius 3 is 1.57 bits per heavy atom. The third-order valence-corrected chi connectivity index (χ3v) is 7.70. The van der Waals surface area contributed by atoms with Gasteiger partial charge in [0.15, 0.2) is 0 Å². The maximum absolute atomic E-state index is 15.0. The average Bonchev–Trinajstić information content (AvgIpc) is 3.31. The quantitative estimate of drug-likeness (QED) is 0.219. The van der Waals surface area contributed by atoms with Crippen LogP contribution < -0.4 is 5.01 Å². The van der Waals surface area contributed by atoms with Crippen LogP contribution in [0.1, 0.15) is 28.7 Å². The zero-order chi connectivity index (χ0) is 26.9. The SMILES string of the molecule is O=C1C(=C(c2ccccc2)c2ccccc2)C2=C(c3ccccc3CC2)N1N(c1ccccc1)c1ccccc1. The number of aryl methyl sites for hydroxylation is 1. The highest BCUT2D eigenvalue weighted by atomic mass is 16.2. The van der Waals surface area contributed by atoms with Crippen LogP contribution in [0.5, 0.6) is 0 Å². The van der Waals surface area contributed by atoms with E-state index < -0.39 is 0 Å². The number of hydrazine groups is 1. The van der Waals surface area contributed by atoms with E-state index in [1.165, 1.54) is 5.56 Å². The topological polar surface area (TPSA) is 23.6 Å². The van der Waals surface area contributed by atoms with Gasteiger partial charge in [-0.3, -0.25) is 4.79 Å². The summed E-state index contributed by atoms with van der Waals surface area (Å²) in [6.07, 6.45) is 1.69. The van der Waals surface area contributed by atoms with Gasteiger partial charge in [-0.2, -0.15) is 0 Å². The number of hydrogen-bond donors (Lipinski definition) is 0. The van der Waals surface area contributed by atoms with Gasteiger partial charge in [0.05, 0.1) is 22.6 Å². The maximum Gasteiger partial charge on any atom is 0.278 e. The standard InChI is InChI=1S/C37H28N2O/c40-37-35(34(28-16-5-1-6-17-28)29-18-7-2-8-19-29)33-26-25-27-15-13-14-24-32(27)36(33)39(37)38(30-20-9-3-10-21-30)31-22-11-4-12-23-31/h1-24H,25-26H2. The second-order valence-corrected chi connectivity index (χ2v) is 10.1. The van der Waals surface area contributed by atoms with Gasteiger partial charge in [-0.05, 0) is 59.4 Å². The first kappa shape index (κ1) is 23.9. The monoisotopic (exact) mass is 516 g/mol. The Balaban J connectivity index is 1.56. The van der Waals surface area contributed by atoms with Gasteiger partial charge in [0.2, 0.25) is 0 Å². The van der Waals surface area contributed by atoms with E-state index >= 15 is 4.79 Å². The lowest BCUT2D eigenvalue weighted by molar-refractivity contribution is -0.123. The third-order valence-electron chi connectivity index (χ3n) is 7.70. The normalized spacial score (nSPS) is 14.2. The van der Waals surface area contributed by atoms with Crippen LogP contribution in [0.2, 0.25) is 0 Å². The molecule has 7 rings (SSSR count). The van der Waals surface area contributed by atoms with Crippen LogP contribution in [-0.2, 0) is 11.2 Å². The summed E-state index contributed by atoms with van der Waals surface area (Å²) in [7, 11) is 0. The van der Waals surface area contributed by atoms with E-state index in [0.717, 1.165) is 63.3 Å². The van der Waals surface area contributed by atoms with Gasteiger partial charge in [-0.1, -0.05) is 121 Å². The number of amides is 1. The highest BCUT2D eigenvalue weighted by molar-refractivity contribution is 6.18. The predicted octanol–water partition coefficient (Wildman–Crippen LogP) is 8.44. The summed E-state index contributed by atoms with van der Waals surface area (Å²) < 4.78 is 0. The van der Waals surface area contributed by atoms with Crippen LogP contribution in [0.3, 0.4) is 0 Å². The van der Waals surface area contributed by atoms with Gasteiger partial charge < -0.3 is 0 Å². The predicted molar refractivity (Wildman–Crippen MR) is 162 cm³/mol. The molecule has 0 radical (unpaired) electrons. The minimum Gasteiger partial charge on any atom is -0.267 e. The van der Waals surface area contributed by atoms with Gasteiger partial charge in [-0.25, -0.2) is 10.0 Å². The molecule has 0 aromatic heterocycles. The van der Waals surface area contributed by atoms with Crippen LogP contribution >= 0.6 is 0 Å². The number of para-hydroxylation sites is 2. The first-order valence-corrected chi connectivity index (χ1v) is 13.7. The molecule has 0 spiro atoms. The summed E-state index contributed by atoms with van der Waals surface area (Å²) in [5.74, 6) is -0.0166. The van der Waals surface area contributed by atoms with Crippen LogP contribution in [-0.4, -0.2) is 10.9 Å². The minimum atomic E-state index is -0.0166. The number of nitrogens with zero attached hydrogens (tertiary/aromatic N) is 2. The Morgan fingerprint density at radius 1 is 0.550 bits per heavy atom. The first-order valence-electron chi connectivity index (χ1n) is 13.7. The smallest absolute Gasteiger partial charge is 0.267 e. The van der Waals surface area contributed by atoms with Crippen molar-refractivity contribution in [3.63, 3.8) is 0 Å². The number of hydrogen-bond acceptors (Lipinski definition) is 2. The molecule has 2 aliphatic rings. The number of carbonyl (C=O) groups excluding carboxylic acids is 1. The molecule has 0 atom stereocenters. The van der Waals surface area contributed by atoms with Crippen LogP contribution in [0, 0.1) is 0 Å². The summed E-state index contributed by atoms with van der Waals surface area (Å²) >= 11 is 0. The Bertz CT molecular complexity index is 1660. The van der Waals surface area contributed by atoms with E-state index in [2.05, 4.69) is 77.8 Å². The minimum absolute atomic E-state index is 0.0166. The molecule has 5 aromatic rings. The largest absolute Gasteiger partial charge is 0.278 e. The van der Waals surface area contributed by atoms with Crippen molar-refractivity contribution in [2.45, 2.75) is 12.8 Å². The molecule has 3 heteroatoms. The molecule has 0 N–H and O–H groups in total. The van der Waals surface area contributed by atoms with Crippen molar-refractivity contribution >= 4 is 28.6 Å². The second-order valence-electron chi connectivity index (χ2n) is 10.1. The highest BCUT2D eigenvalue weighted by Gasteiger charge is 2.43. The highest BCUT2D eigenvalue weighted by Crippen LogP contribution is 2.49. The molecule has 3 nitrogen and oxygen atoms in total. The molecule has 1 aliphatic carbocycles. The van der Waals surface area contributed by atoms with Gasteiger partial charge in [-0.15, -0.1) is 0 Å². The second kappa shape index (κ2) is 10.2. The van der Waals surface area contributed by atoms with Crippen LogP contribution in [0.25, 0.3) is 11.3 Å². The van der Waals surface area contributed by atoms with Gasteiger partial charge >= 0.3 is 0 Å². The fourth-order valence-electron chi connectivity index (χ4n) is 5.96. The zero-order valence-electron chi connectivity index (χ0n) is 22.1. The summed E-state index contributed by atoms with van der Waals surface area (Å²) in [5, 5.41) is 3.99. The third kappa shape index (κ3) is 4.04. The Kier molecular flexibility index (Phi) is 6.10. The molecular weight excluding hydrogens is 488 g/mol. The number of anilines is 2. The summed E-state index contributed by atoms with van der Waals surface area (Å²) in [6, 6.07) is 49.5. The lowest BCUT2D eigenvalue weighted by atomic mass is 9.84. The Labute approximate surface area is 234 Å². The Hall–Kier alpha value is -5.15. The van der Waals surface area contributed by atoms with Crippen molar-refractivity contribution in [3.05, 3.63) is 179 Å². The summed E-state index contributed by atoms with van der Waals surface area (Å²) in [5.41, 5.74) is 10.1. The van der Waals surface area contributed by atoms with Crippen molar-refractivity contribution in [1.29, 1.82) is 0 Å². The molecule has 0 saturated heterocycles. The first-order chi connectivity index (χ1) is 19.8.